The molecule has 1 N–H and O–H groups in total. The van der Waals surface area contributed by atoms with Crippen molar-refractivity contribution < 1.29 is 19.1 Å². The molecule has 0 spiro atoms. The van der Waals surface area contributed by atoms with Crippen molar-refractivity contribution in [3.63, 3.8) is 0 Å². The van der Waals surface area contributed by atoms with Gasteiger partial charge < -0.3 is 9.47 Å². The number of ether oxygens (including phenoxy) is 2. The highest BCUT2D eigenvalue weighted by molar-refractivity contribution is 7.99. The van der Waals surface area contributed by atoms with Crippen LogP contribution in [0, 0.1) is 0 Å². The van der Waals surface area contributed by atoms with Crippen LogP contribution >= 0.6 is 23.1 Å². The summed E-state index contributed by atoms with van der Waals surface area (Å²) < 4.78 is 11.0. The second-order valence-corrected chi connectivity index (χ2v) is 8.21. The number of methoxy groups -OCH3 is 2. The number of hydrogen-bond donors (Lipinski definition) is 1. The van der Waals surface area contributed by atoms with Crippen molar-refractivity contribution in [2.24, 2.45) is 0 Å². The van der Waals surface area contributed by atoms with E-state index in [-0.39, 0.29) is 11.8 Å². The minimum atomic E-state index is -0.522. The Balaban J connectivity index is 1.79. The number of fused-ring (bicyclic) bond motifs is 1. The first-order valence-corrected chi connectivity index (χ1v) is 10.5. The molecule has 6 nitrogen and oxygen atoms in total. The van der Waals surface area contributed by atoms with Crippen LogP contribution in [0.2, 0.25) is 0 Å². The van der Waals surface area contributed by atoms with Gasteiger partial charge in [-0.25, -0.2) is 5.01 Å². The zero-order valence-corrected chi connectivity index (χ0v) is 17.4. The molecule has 2 amide bonds. The number of rotatable bonds is 5. The summed E-state index contributed by atoms with van der Waals surface area (Å²) in [5, 5.41) is 2.66. The molecule has 2 aromatic carbocycles. The van der Waals surface area contributed by atoms with Crippen LogP contribution < -0.4 is 14.9 Å². The summed E-state index contributed by atoms with van der Waals surface area (Å²) in [5.41, 5.74) is 4.06. The molecule has 3 aromatic rings. The van der Waals surface area contributed by atoms with E-state index in [0.29, 0.717) is 21.9 Å². The van der Waals surface area contributed by atoms with Crippen molar-refractivity contribution in [3.8, 4) is 11.5 Å². The Kier molecular flexibility index (Phi) is 5.46. The molecule has 1 aromatic heterocycles. The number of para-hydroxylation sites is 1. The third-order valence-corrected chi connectivity index (χ3v) is 6.64. The van der Waals surface area contributed by atoms with Crippen molar-refractivity contribution in [1.82, 2.24) is 10.4 Å². The van der Waals surface area contributed by atoms with Gasteiger partial charge in [0.1, 0.15) is 5.37 Å². The maximum Gasteiger partial charge on any atom is 0.279 e. The number of nitrogens with zero attached hydrogens (tertiary/aromatic N) is 1. The molecule has 0 fully saturated rings. The van der Waals surface area contributed by atoms with E-state index in [9.17, 15) is 9.59 Å². The standard InChI is InChI=1S/C21H18N2O4S2/c1-26-15-9-5-8-14(18(15)27-2)21-23(22-19(24)17-11-6-12-28-17)20(25)13-7-3-4-10-16(13)29-21/h3-12,21H,1-2H3,(H,22,24). The monoisotopic (exact) mass is 426 g/mol. The molecule has 0 bridgehead atoms. The van der Waals surface area contributed by atoms with Crippen molar-refractivity contribution in [2.45, 2.75) is 10.3 Å². The van der Waals surface area contributed by atoms with E-state index in [1.54, 1.807) is 38.5 Å². The minimum Gasteiger partial charge on any atom is -0.493 e. The number of carbonyl (C=O) groups excluding carboxylic acids is 2. The fourth-order valence-corrected chi connectivity index (χ4v) is 5.01. The summed E-state index contributed by atoms with van der Waals surface area (Å²) in [6.07, 6.45) is 0. The molecule has 0 radical (unpaired) electrons. The van der Waals surface area contributed by atoms with Crippen LogP contribution in [0.5, 0.6) is 11.5 Å². The van der Waals surface area contributed by atoms with Crippen molar-refractivity contribution in [3.05, 3.63) is 76.0 Å². The lowest BCUT2D eigenvalue weighted by Gasteiger charge is -2.36. The topological polar surface area (TPSA) is 67.9 Å². The van der Waals surface area contributed by atoms with Gasteiger partial charge in [-0.15, -0.1) is 11.3 Å². The quantitative estimate of drug-likeness (QED) is 0.657. The summed E-state index contributed by atoms with van der Waals surface area (Å²) in [4.78, 5) is 27.4. The van der Waals surface area contributed by atoms with E-state index >= 15 is 0 Å². The van der Waals surface area contributed by atoms with Gasteiger partial charge in [0.25, 0.3) is 11.8 Å². The lowest BCUT2D eigenvalue weighted by Crippen LogP contribution is -2.49. The van der Waals surface area contributed by atoms with E-state index in [1.807, 2.05) is 35.7 Å². The molecule has 8 heteroatoms. The molecule has 1 atom stereocenters. The predicted octanol–water partition coefficient (Wildman–Crippen LogP) is 4.36. The fourth-order valence-electron chi connectivity index (χ4n) is 3.15. The Morgan fingerprint density at radius 3 is 2.59 bits per heavy atom. The van der Waals surface area contributed by atoms with Crippen molar-refractivity contribution in [2.75, 3.05) is 14.2 Å². The Morgan fingerprint density at radius 2 is 1.86 bits per heavy atom. The van der Waals surface area contributed by atoms with Gasteiger partial charge in [-0.2, -0.15) is 0 Å². The lowest BCUT2D eigenvalue weighted by atomic mass is 10.1. The van der Waals surface area contributed by atoms with Gasteiger partial charge in [0, 0.05) is 10.5 Å². The molecule has 1 unspecified atom stereocenters. The number of thiophene rings is 1. The number of amides is 2. The van der Waals surface area contributed by atoms with Crippen molar-refractivity contribution in [1.29, 1.82) is 0 Å². The smallest absolute Gasteiger partial charge is 0.279 e. The highest BCUT2D eigenvalue weighted by Crippen LogP contribution is 2.48. The molecular formula is C21H18N2O4S2. The number of hydrogen-bond acceptors (Lipinski definition) is 6. The van der Waals surface area contributed by atoms with Gasteiger partial charge >= 0.3 is 0 Å². The van der Waals surface area contributed by atoms with E-state index < -0.39 is 5.37 Å². The zero-order chi connectivity index (χ0) is 20.4. The van der Waals surface area contributed by atoms with Gasteiger partial charge in [-0.1, -0.05) is 42.1 Å². The molecule has 29 heavy (non-hydrogen) atoms. The largest absolute Gasteiger partial charge is 0.493 e. The molecule has 148 valence electrons. The molecule has 0 saturated carbocycles. The number of hydrazine groups is 1. The highest BCUT2D eigenvalue weighted by atomic mass is 32.2. The Morgan fingerprint density at radius 1 is 1.03 bits per heavy atom. The number of benzene rings is 2. The van der Waals surface area contributed by atoms with Crippen LogP contribution in [-0.4, -0.2) is 31.0 Å². The van der Waals surface area contributed by atoms with Crippen LogP contribution in [0.1, 0.15) is 31.0 Å². The first-order chi connectivity index (χ1) is 14.1. The average Bonchev–Trinajstić information content (AvgIpc) is 3.30. The van der Waals surface area contributed by atoms with Gasteiger partial charge in [0.15, 0.2) is 11.5 Å². The number of carbonyl (C=O) groups is 2. The maximum absolute atomic E-state index is 13.3. The van der Waals surface area contributed by atoms with Crippen LogP contribution in [0.3, 0.4) is 0 Å². The first kappa shape index (κ1) is 19.4. The van der Waals surface area contributed by atoms with Gasteiger partial charge in [0.05, 0.1) is 24.7 Å². The summed E-state index contributed by atoms with van der Waals surface area (Å²) in [7, 11) is 3.12. The molecular weight excluding hydrogens is 408 g/mol. The second-order valence-electron chi connectivity index (χ2n) is 6.14. The summed E-state index contributed by atoms with van der Waals surface area (Å²) in [5.74, 6) is 0.468. The van der Waals surface area contributed by atoms with Crippen LogP contribution in [0.15, 0.2) is 64.9 Å². The van der Waals surface area contributed by atoms with Crippen molar-refractivity contribution >= 4 is 34.9 Å². The third kappa shape index (κ3) is 3.56. The molecule has 0 saturated heterocycles. The molecule has 2 heterocycles. The zero-order valence-electron chi connectivity index (χ0n) is 15.7. The molecule has 1 aliphatic rings. The fraction of sp³-hybridized carbons (Fsp3) is 0.143. The SMILES string of the molecule is COc1cccc(C2Sc3ccccc3C(=O)N2NC(=O)c2cccs2)c1OC. The lowest BCUT2D eigenvalue weighted by molar-refractivity contribution is 0.0547. The van der Waals surface area contributed by atoms with Gasteiger partial charge in [0.2, 0.25) is 0 Å². The van der Waals surface area contributed by atoms with E-state index in [0.717, 1.165) is 10.5 Å². The average molecular weight is 427 g/mol. The third-order valence-electron chi connectivity index (χ3n) is 4.48. The van der Waals surface area contributed by atoms with Gasteiger partial charge in [-0.05, 0) is 29.6 Å². The van der Waals surface area contributed by atoms with E-state index in [1.165, 1.54) is 28.1 Å². The van der Waals surface area contributed by atoms with Crippen LogP contribution in [-0.2, 0) is 0 Å². The summed E-state index contributed by atoms with van der Waals surface area (Å²) in [6, 6.07) is 16.4. The maximum atomic E-state index is 13.3. The van der Waals surface area contributed by atoms with Gasteiger partial charge in [-0.3, -0.25) is 15.0 Å². The Labute approximate surface area is 176 Å². The first-order valence-electron chi connectivity index (χ1n) is 8.78. The second kappa shape index (κ2) is 8.18. The number of thioether (sulfide) groups is 1. The van der Waals surface area contributed by atoms with E-state index in [4.69, 9.17) is 9.47 Å². The summed E-state index contributed by atoms with van der Waals surface area (Å²) in [6.45, 7) is 0. The normalized spacial score (nSPS) is 15.6. The Bertz CT molecular complexity index is 1050. The van der Waals surface area contributed by atoms with Crippen LogP contribution in [0.25, 0.3) is 0 Å². The predicted molar refractivity (Wildman–Crippen MR) is 113 cm³/mol. The number of nitrogens with one attached hydrogen (secondary N) is 1. The molecule has 4 rings (SSSR count). The molecule has 1 aliphatic heterocycles. The Hall–Kier alpha value is -2.97. The van der Waals surface area contributed by atoms with Crippen LogP contribution in [0.4, 0.5) is 0 Å². The summed E-state index contributed by atoms with van der Waals surface area (Å²) >= 11 is 2.78. The molecule has 0 aliphatic carbocycles. The highest BCUT2D eigenvalue weighted by Gasteiger charge is 2.37. The van der Waals surface area contributed by atoms with E-state index in [2.05, 4.69) is 5.43 Å². The minimum absolute atomic E-state index is 0.279.